The molecular formula is C7H14N4O2S. The van der Waals surface area contributed by atoms with E-state index >= 15 is 0 Å². The fourth-order valence-electron chi connectivity index (χ4n) is 1.43. The number of piperazine rings is 1. The van der Waals surface area contributed by atoms with Crippen LogP contribution < -0.4 is 5.14 Å². The molecule has 1 rings (SSSR count). The standard InChI is InChI=1S/C7H14N4O2S/c1-7(6-8)10-2-4-11(5-3-10)14(9,12)13/h7H,2-5H2,1H3,(H2,9,12,13). The molecule has 1 aliphatic rings. The van der Waals surface area contributed by atoms with Crippen molar-refractivity contribution in [1.29, 1.82) is 5.26 Å². The molecule has 0 aromatic carbocycles. The zero-order valence-corrected chi connectivity index (χ0v) is 8.87. The Bertz CT molecular complexity index is 326. The lowest BCUT2D eigenvalue weighted by Gasteiger charge is -2.34. The van der Waals surface area contributed by atoms with Crippen LogP contribution in [0.4, 0.5) is 0 Å². The SMILES string of the molecule is CC(C#N)N1CCN(S(N)(=O)=O)CC1. The molecule has 0 radical (unpaired) electrons. The Morgan fingerprint density at radius 2 is 1.86 bits per heavy atom. The van der Waals surface area contributed by atoms with Crippen LogP contribution in [0.3, 0.4) is 0 Å². The Kier molecular flexibility index (Phi) is 3.44. The lowest BCUT2D eigenvalue weighted by molar-refractivity contribution is 0.169. The number of nitrogens with zero attached hydrogens (tertiary/aromatic N) is 3. The predicted molar refractivity (Wildman–Crippen MR) is 51.3 cm³/mol. The van der Waals surface area contributed by atoms with Gasteiger partial charge >= 0.3 is 0 Å². The fraction of sp³-hybridized carbons (Fsp3) is 0.857. The molecule has 1 unspecified atom stereocenters. The van der Waals surface area contributed by atoms with Gasteiger partial charge in [-0.05, 0) is 6.92 Å². The molecule has 1 atom stereocenters. The van der Waals surface area contributed by atoms with Gasteiger partial charge in [-0.25, -0.2) is 5.14 Å². The smallest absolute Gasteiger partial charge is 0.276 e. The normalized spacial score (nSPS) is 22.9. The molecule has 0 saturated carbocycles. The van der Waals surface area contributed by atoms with E-state index in [-0.39, 0.29) is 6.04 Å². The highest BCUT2D eigenvalue weighted by Gasteiger charge is 2.25. The monoisotopic (exact) mass is 218 g/mol. The van der Waals surface area contributed by atoms with Gasteiger partial charge in [0, 0.05) is 26.2 Å². The summed E-state index contributed by atoms with van der Waals surface area (Å²) >= 11 is 0. The largest absolute Gasteiger partial charge is 0.286 e. The van der Waals surface area contributed by atoms with Gasteiger partial charge in [0.25, 0.3) is 10.2 Å². The molecule has 6 nitrogen and oxygen atoms in total. The van der Waals surface area contributed by atoms with Gasteiger partial charge in [-0.3, -0.25) is 4.90 Å². The van der Waals surface area contributed by atoms with Gasteiger partial charge < -0.3 is 0 Å². The van der Waals surface area contributed by atoms with E-state index < -0.39 is 10.2 Å². The fourth-order valence-corrected chi connectivity index (χ4v) is 2.10. The molecule has 0 amide bonds. The van der Waals surface area contributed by atoms with Crippen LogP contribution in [0.25, 0.3) is 0 Å². The molecule has 2 N–H and O–H groups in total. The summed E-state index contributed by atoms with van der Waals surface area (Å²) in [6.45, 7) is 3.65. The first-order valence-electron chi connectivity index (χ1n) is 4.36. The van der Waals surface area contributed by atoms with E-state index in [9.17, 15) is 8.42 Å². The second kappa shape index (κ2) is 4.23. The molecule has 0 aromatic heterocycles. The molecule has 0 aliphatic carbocycles. The Morgan fingerprint density at radius 1 is 1.36 bits per heavy atom. The molecule has 14 heavy (non-hydrogen) atoms. The number of rotatable bonds is 2. The van der Waals surface area contributed by atoms with Crippen LogP contribution in [0.1, 0.15) is 6.92 Å². The first-order chi connectivity index (χ1) is 6.45. The molecule has 1 fully saturated rings. The third-order valence-corrected chi connectivity index (χ3v) is 3.45. The minimum Gasteiger partial charge on any atom is -0.286 e. The van der Waals surface area contributed by atoms with E-state index in [1.54, 1.807) is 6.92 Å². The maximum Gasteiger partial charge on any atom is 0.276 e. The van der Waals surface area contributed by atoms with Crippen molar-refractivity contribution >= 4 is 10.2 Å². The van der Waals surface area contributed by atoms with Gasteiger partial charge in [-0.1, -0.05) is 0 Å². The van der Waals surface area contributed by atoms with E-state index in [2.05, 4.69) is 6.07 Å². The lowest BCUT2D eigenvalue weighted by Crippen LogP contribution is -2.52. The second-order valence-corrected chi connectivity index (χ2v) is 4.83. The molecule has 80 valence electrons. The third-order valence-electron chi connectivity index (χ3n) is 2.37. The quantitative estimate of drug-likeness (QED) is 0.625. The maximum absolute atomic E-state index is 11.0. The first-order valence-corrected chi connectivity index (χ1v) is 5.87. The number of nitriles is 1. The van der Waals surface area contributed by atoms with Crippen molar-refractivity contribution in [3.63, 3.8) is 0 Å². The molecule has 1 heterocycles. The highest BCUT2D eigenvalue weighted by Crippen LogP contribution is 2.07. The van der Waals surface area contributed by atoms with Crippen molar-refractivity contribution in [2.45, 2.75) is 13.0 Å². The maximum atomic E-state index is 11.0. The van der Waals surface area contributed by atoms with Crippen molar-refractivity contribution in [2.24, 2.45) is 5.14 Å². The summed E-state index contributed by atoms with van der Waals surface area (Å²) < 4.78 is 23.1. The van der Waals surface area contributed by atoms with Crippen molar-refractivity contribution in [1.82, 2.24) is 9.21 Å². The molecule has 1 saturated heterocycles. The molecule has 0 spiro atoms. The van der Waals surface area contributed by atoms with Crippen LogP contribution in [-0.2, 0) is 10.2 Å². The summed E-state index contributed by atoms with van der Waals surface area (Å²) in [5.41, 5.74) is 0. The topological polar surface area (TPSA) is 90.4 Å². The molecule has 0 bridgehead atoms. The molecular weight excluding hydrogens is 204 g/mol. The Balaban J connectivity index is 2.52. The first kappa shape index (κ1) is 11.4. The van der Waals surface area contributed by atoms with Crippen LogP contribution in [0.5, 0.6) is 0 Å². The summed E-state index contributed by atoms with van der Waals surface area (Å²) in [6, 6.07) is 1.95. The van der Waals surface area contributed by atoms with Gasteiger partial charge in [-0.2, -0.15) is 18.0 Å². The Labute approximate surface area is 84.1 Å². The van der Waals surface area contributed by atoms with Crippen molar-refractivity contribution < 1.29 is 8.42 Å². The van der Waals surface area contributed by atoms with Crippen LogP contribution in [0.15, 0.2) is 0 Å². The number of hydrogen-bond donors (Lipinski definition) is 1. The van der Waals surface area contributed by atoms with Gasteiger partial charge in [0.2, 0.25) is 0 Å². The van der Waals surface area contributed by atoms with Gasteiger partial charge in [0.05, 0.1) is 12.1 Å². The van der Waals surface area contributed by atoms with Crippen LogP contribution in [0, 0.1) is 11.3 Å². The van der Waals surface area contributed by atoms with E-state index in [4.69, 9.17) is 10.4 Å². The van der Waals surface area contributed by atoms with Crippen molar-refractivity contribution in [2.75, 3.05) is 26.2 Å². The second-order valence-electron chi connectivity index (χ2n) is 3.29. The van der Waals surface area contributed by atoms with Crippen molar-refractivity contribution in [3.05, 3.63) is 0 Å². The Hall–Kier alpha value is -0.680. The van der Waals surface area contributed by atoms with Gasteiger partial charge in [0.15, 0.2) is 0 Å². The zero-order chi connectivity index (χ0) is 10.8. The van der Waals surface area contributed by atoms with E-state index in [1.165, 1.54) is 4.31 Å². The van der Waals surface area contributed by atoms with Crippen LogP contribution in [-0.4, -0.2) is 49.8 Å². The van der Waals surface area contributed by atoms with Crippen molar-refractivity contribution in [3.8, 4) is 6.07 Å². The molecule has 7 heteroatoms. The van der Waals surface area contributed by atoms with E-state index in [0.717, 1.165) is 0 Å². The van der Waals surface area contributed by atoms with Crippen LogP contribution >= 0.6 is 0 Å². The highest BCUT2D eigenvalue weighted by atomic mass is 32.2. The summed E-state index contributed by atoms with van der Waals surface area (Å²) in [7, 11) is -3.56. The van der Waals surface area contributed by atoms with Crippen LogP contribution in [0.2, 0.25) is 0 Å². The van der Waals surface area contributed by atoms with E-state index in [0.29, 0.717) is 26.2 Å². The number of hydrogen-bond acceptors (Lipinski definition) is 4. The minimum absolute atomic E-state index is 0.169. The average molecular weight is 218 g/mol. The minimum atomic E-state index is -3.56. The molecule has 0 aromatic rings. The Morgan fingerprint density at radius 3 is 2.21 bits per heavy atom. The summed E-state index contributed by atoms with van der Waals surface area (Å²) in [6.07, 6.45) is 0. The average Bonchev–Trinajstić information content (AvgIpc) is 2.15. The summed E-state index contributed by atoms with van der Waals surface area (Å²) in [5, 5.41) is 13.6. The van der Waals surface area contributed by atoms with E-state index in [1.807, 2.05) is 4.90 Å². The summed E-state index contributed by atoms with van der Waals surface area (Å²) in [5.74, 6) is 0. The zero-order valence-electron chi connectivity index (χ0n) is 8.05. The lowest BCUT2D eigenvalue weighted by atomic mass is 10.2. The summed E-state index contributed by atoms with van der Waals surface area (Å²) in [4.78, 5) is 1.93. The van der Waals surface area contributed by atoms with Gasteiger partial charge in [-0.15, -0.1) is 0 Å². The number of nitrogens with two attached hydrogens (primary N) is 1. The third kappa shape index (κ3) is 2.65. The predicted octanol–water partition coefficient (Wildman–Crippen LogP) is -1.28. The highest BCUT2D eigenvalue weighted by molar-refractivity contribution is 7.86. The molecule has 1 aliphatic heterocycles. The van der Waals surface area contributed by atoms with Gasteiger partial charge in [0.1, 0.15) is 0 Å².